The van der Waals surface area contributed by atoms with Gasteiger partial charge in [-0.3, -0.25) is 18.6 Å². The summed E-state index contributed by atoms with van der Waals surface area (Å²) in [5.41, 5.74) is 1.35. The van der Waals surface area contributed by atoms with E-state index >= 15 is 0 Å². The van der Waals surface area contributed by atoms with Crippen LogP contribution in [0.15, 0.2) is 40.5 Å². The molecule has 0 atom stereocenters. The molecule has 5 rings (SSSR count). The van der Waals surface area contributed by atoms with Crippen molar-refractivity contribution in [1.29, 1.82) is 0 Å². The van der Waals surface area contributed by atoms with E-state index in [9.17, 15) is 14.0 Å². The third-order valence-corrected chi connectivity index (χ3v) is 7.54. The molecule has 0 unspecified atom stereocenters. The molecule has 1 aliphatic heterocycles. The van der Waals surface area contributed by atoms with Gasteiger partial charge in [0, 0.05) is 45.6 Å². The van der Waals surface area contributed by atoms with Crippen molar-refractivity contribution in [3.63, 3.8) is 0 Å². The number of aryl methyl sites for hydroxylation is 2. The maximum atomic E-state index is 14.1. The predicted molar refractivity (Wildman–Crippen MR) is 136 cm³/mol. The summed E-state index contributed by atoms with van der Waals surface area (Å²) in [5.74, 6) is 1.04. The van der Waals surface area contributed by atoms with Gasteiger partial charge in [-0.1, -0.05) is 31.9 Å². The third kappa shape index (κ3) is 4.54. The largest absolute Gasteiger partial charge is 0.366 e. The standard InChI is InChI=1S/C25H29FN6O2S/c1-2-3-6-12-31-24(34)23-20(11-17-35-23)32-21(27-28-25(31)32)9-10-22(33)30-15-13-29(14-16-30)19-8-5-4-7-18(19)26/h4-5,7-8,11,17H,2-3,6,9-10,12-16H2,1H3. The first-order valence-corrected chi connectivity index (χ1v) is 13.1. The Bertz CT molecular complexity index is 1400. The van der Waals surface area contributed by atoms with Crippen LogP contribution in [0.1, 0.15) is 38.4 Å². The number of para-hydroxylation sites is 1. The molecule has 0 bridgehead atoms. The first-order valence-electron chi connectivity index (χ1n) is 12.2. The number of fused-ring (bicyclic) bond motifs is 3. The first kappa shape index (κ1) is 23.5. The van der Waals surface area contributed by atoms with E-state index in [4.69, 9.17) is 0 Å². The van der Waals surface area contributed by atoms with Crippen LogP contribution < -0.4 is 10.5 Å². The molecule has 4 aromatic rings. The summed E-state index contributed by atoms with van der Waals surface area (Å²) in [5, 5.41) is 10.6. The van der Waals surface area contributed by atoms with Crippen LogP contribution >= 0.6 is 11.3 Å². The van der Waals surface area contributed by atoms with Crippen molar-refractivity contribution in [2.75, 3.05) is 31.1 Å². The van der Waals surface area contributed by atoms with E-state index in [-0.39, 0.29) is 17.3 Å². The SMILES string of the molecule is CCCCCn1c(=O)c2sccc2n2c(CCC(=O)N3CCN(c4ccccc4F)CC3)nnc12. The van der Waals surface area contributed by atoms with Crippen molar-refractivity contribution in [2.45, 2.75) is 45.6 Å². The molecular weight excluding hydrogens is 467 g/mol. The Balaban J connectivity index is 1.29. The number of halogens is 1. The van der Waals surface area contributed by atoms with Crippen molar-refractivity contribution in [3.8, 4) is 0 Å². The Morgan fingerprint density at radius 2 is 1.89 bits per heavy atom. The molecule has 10 heteroatoms. The van der Waals surface area contributed by atoms with Crippen LogP contribution in [0.2, 0.25) is 0 Å². The van der Waals surface area contributed by atoms with E-state index in [1.165, 1.54) is 17.4 Å². The third-order valence-electron chi connectivity index (χ3n) is 6.65. The number of hydrogen-bond donors (Lipinski definition) is 0. The highest BCUT2D eigenvalue weighted by molar-refractivity contribution is 7.17. The first-order chi connectivity index (χ1) is 17.1. The van der Waals surface area contributed by atoms with Gasteiger partial charge in [0.1, 0.15) is 16.3 Å². The average molecular weight is 497 g/mol. The van der Waals surface area contributed by atoms with E-state index in [1.807, 2.05) is 31.7 Å². The number of thiophene rings is 1. The molecular formula is C25H29FN6O2S. The minimum absolute atomic E-state index is 0.0265. The number of anilines is 1. The van der Waals surface area contributed by atoms with Gasteiger partial charge in [0.05, 0.1) is 11.2 Å². The Kier molecular flexibility index (Phi) is 6.81. The van der Waals surface area contributed by atoms with Crippen LogP contribution in [0, 0.1) is 5.82 Å². The molecule has 1 aliphatic rings. The van der Waals surface area contributed by atoms with Gasteiger partial charge in [-0.05, 0) is 30.0 Å². The predicted octanol–water partition coefficient (Wildman–Crippen LogP) is 3.72. The average Bonchev–Trinajstić information content (AvgIpc) is 3.52. The van der Waals surface area contributed by atoms with Gasteiger partial charge in [-0.15, -0.1) is 21.5 Å². The zero-order valence-corrected chi connectivity index (χ0v) is 20.6. The molecule has 184 valence electrons. The summed E-state index contributed by atoms with van der Waals surface area (Å²) in [6.07, 6.45) is 3.76. The van der Waals surface area contributed by atoms with Crippen LogP contribution in [0.5, 0.6) is 0 Å². The zero-order valence-electron chi connectivity index (χ0n) is 19.8. The van der Waals surface area contributed by atoms with Gasteiger partial charge in [0.25, 0.3) is 5.56 Å². The molecule has 35 heavy (non-hydrogen) atoms. The molecule has 4 heterocycles. The van der Waals surface area contributed by atoms with Gasteiger partial charge < -0.3 is 9.80 Å². The summed E-state index contributed by atoms with van der Waals surface area (Å²) in [6.45, 7) is 5.04. The molecule has 0 aliphatic carbocycles. The summed E-state index contributed by atoms with van der Waals surface area (Å²) < 4.78 is 18.4. The Labute approximate surface area is 206 Å². The molecule has 8 nitrogen and oxygen atoms in total. The number of carbonyl (C=O) groups excluding carboxylic acids is 1. The number of amides is 1. The monoisotopic (exact) mass is 496 g/mol. The highest BCUT2D eigenvalue weighted by Gasteiger charge is 2.24. The van der Waals surface area contributed by atoms with Gasteiger partial charge >= 0.3 is 0 Å². The van der Waals surface area contributed by atoms with Crippen LogP contribution in [-0.4, -0.2) is 56.2 Å². The van der Waals surface area contributed by atoms with Crippen LogP contribution in [0.3, 0.4) is 0 Å². The number of hydrogen-bond acceptors (Lipinski definition) is 6. The van der Waals surface area contributed by atoms with E-state index < -0.39 is 0 Å². The highest BCUT2D eigenvalue weighted by Crippen LogP contribution is 2.22. The Hall–Kier alpha value is -3.27. The van der Waals surface area contributed by atoms with Gasteiger partial charge in [0.2, 0.25) is 11.7 Å². The van der Waals surface area contributed by atoms with Gasteiger partial charge in [-0.25, -0.2) is 4.39 Å². The summed E-state index contributed by atoms with van der Waals surface area (Å²) in [7, 11) is 0. The van der Waals surface area contributed by atoms with Crippen molar-refractivity contribution in [3.05, 3.63) is 57.7 Å². The molecule has 0 spiro atoms. The molecule has 0 saturated carbocycles. The van der Waals surface area contributed by atoms with Crippen molar-refractivity contribution >= 4 is 38.9 Å². The van der Waals surface area contributed by atoms with E-state index in [2.05, 4.69) is 17.1 Å². The van der Waals surface area contributed by atoms with Crippen molar-refractivity contribution < 1.29 is 9.18 Å². The highest BCUT2D eigenvalue weighted by atomic mass is 32.1. The maximum Gasteiger partial charge on any atom is 0.272 e. The summed E-state index contributed by atoms with van der Waals surface area (Å²) in [4.78, 5) is 29.8. The van der Waals surface area contributed by atoms with Crippen LogP contribution in [-0.2, 0) is 17.8 Å². The normalized spacial score (nSPS) is 14.3. The fourth-order valence-electron chi connectivity index (χ4n) is 4.75. The molecule has 1 saturated heterocycles. The number of aromatic nitrogens is 4. The second-order valence-electron chi connectivity index (χ2n) is 8.87. The fraction of sp³-hybridized carbons (Fsp3) is 0.440. The molecule has 1 fully saturated rings. The zero-order chi connectivity index (χ0) is 24.4. The molecule has 0 N–H and O–H groups in total. The quantitative estimate of drug-likeness (QED) is 0.348. The number of carbonyl (C=O) groups is 1. The number of rotatable bonds is 8. The maximum absolute atomic E-state index is 14.1. The summed E-state index contributed by atoms with van der Waals surface area (Å²) >= 11 is 1.42. The van der Waals surface area contributed by atoms with E-state index in [1.54, 1.807) is 16.7 Å². The van der Waals surface area contributed by atoms with Crippen LogP contribution in [0.25, 0.3) is 16.0 Å². The number of piperazine rings is 1. The van der Waals surface area contributed by atoms with E-state index in [0.29, 0.717) is 67.6 Å². The van der Waals surface area contributed by atoms with Crippen LogP contribution in [0.4, 0.5) is 10.1 Å². The second kappa shape index (κ2) is 10.2. The van der Waals surface area contributed by atoms with E-state index in [0.717, 1.165) is 24.8 Å². The lowest BCUT2D eigenvalue weighted by molar-refractivity contribution is -0.131. The fourth-order valence-corrected chi connectivity index (χ4v) is 5.57. The number of benzene rings is 1. The minimum Gasteiger partial charge on any atom is -0.366 e. The Morgan fingerprint density at radius 3 is 2.66 bits per heavy atom. The minimum atomic E-state index is -0.237. The lowest BCUT2D eigenvalue weighted by Gasteiger charge is -2.36. The number of nitrogens with zero attached hydrogens (tertiary/aromatic N) is 6. The Morgan fingerprint density at radius 1 is 1.09 bits per heavy atom. The molecule has 0 radical (unpaired) electrons. The molecule has 1 amide bonds. The smallest absolute Gasteiger partial charge is 0.272 e. The van der Waals surface area contributed by atoms with Crippen molar-refractivity contribution in [1.82, 2.24) is 24.1 Å². The molecule has 3 aromatic heterocycles. The summed E-state index contributed by atoms with van der Waals surface area (Å²) in [6, 6.07) is 8.66. The topological polar surface area (TPSA) is 75.7 Å². The van der Waals surface area contributed by atoms with Crippen molar-refractivity contribution in [2.24, 2.45) is 0 Å². The number of unbranched alkanes of at least 4 members (excludes halogenated alkanes) is 2. The lowest BCUT2D eigenvalue weighted by atomic mass is 10.2. The van der Waals surface area contributed by atoms with Gasteiger partial charge in [0.15, 0.2) is 0 Å². The second-order valence-corrected chi connectivity index (χ2v) is 9.79. The molecule has 1 aromatic carbocycles. The van der Waals surface area contributed by atoms with Gasteiger partial charge in [-0.2, -0.15) is 0 Å². The lowest BCUT2D eigenvalue weighted by Crippen LogP contribution is -2.49.